The lowest BCUT2D eigenvalue weighted by atomic mass is 9.82. The van der Waals surface area contributed by atoms with Crippen molar-refractivity contribution in [3.05, 3.63) is 65.7 Å². The molecule has 0 radical (unpaired) electrons. The van der Waals surface area contributed by atoms with Gasteiger partial charge in [0.2, 0.25) is 0 Å². The molecule has 2 aliphatic heterocycles. The van der Waals surface area contributed by atoms with Crippen molar-refractivity contribution in [2.45, 2.75) is 50.6 Å². The Hall–Kier alpha value is -2.50. The zero-order valence-corrected chi connectivity index (χ0v) is 17.7. The Labute approximate surface area is 178 Å². The average molecular weight is 406 g/mol. The van der Waals surface area contributed by atoms with Gasteiger partial charge in [0, 0.05) is 5.69 Å². The van der Waals surface area contributed by atoms with Crippen molar-refractivity contribution in [1.82, 2.24) is 10.2 Å². The second-order valence-electron chi connectivity index (χ2n) is 8.53. The number of hydrogen-bond acceptors (Lipinski definition) is 4. The van der Waals surface area contributed by atoms with Gasteiger partial charge in [-0.05, 0) is 69.9 Å². The first-order chi connectivity index (χ1) is 14.6. The number of nitrogens with zero attached hydrogens (tertiary/aromatic N) is 1. The monoisotopic (exact) mass is 405 g/mol. The smallest absolute Gasteiger partial charge is 0.252 e. The summed E-state index contributed by atoms with van der Waals surface area (Å²) >= 11 is 0. The molecule has 4 rings (SSSR count). The first-order valence-corrected chi connectivity index (χ1v) is 11.1. The fourth-order valence-corrected chi connectivity index (χ4v) is 4.71. The van der Waals surface area contributed by atoms with Gasteiger partial charge in [0.05, 0.1) is 6.04 Å². The average Bonchev–Trinajstić information content (AvgIpc) is 3.28. The summed E-state index contributed by atoms with van der Waals surface area (Å²) in [5.41, 5.74) is 1.64. The molecule has 158 valence electrons. The summed E-state index contributed by atoms with van der Waals surface area (Å²) in [5, 5.41) is 6.30. The lowest BCUT2D eigenvalue weighted by Gasteiger charge is -2.38. The number of nitrogens with one attached hydrogen (secondary N) is 2. The number of aryl methyl sites for hydroxylation is 1. The third-order valence-electron chi connectivity index (χ3n) is 6.39. The maximum atomic E-state index is 14.1. The zero-order valence-electron chi connectivity index (χ0n) is 17.7. The number of hydrogen-bond donors (Lipinski definition) is 2. The number of carbonyl (C=O) groups is 2. The van der Waals surface area contributed by atoms with Gasteiger partial charge in [-0.25, -0.2) is 0 Å². The normalized spacial score (nSPS) is 23.1. The third kappa shape index (κ3) is 4.18. The molecule has 2 heterocycles. The molecule has 5 nitrogen and oxygen atoms in total. The van der Waals surface area contributed by atoms with Gasteiger partial charge in [0.25, 0.3) is 5.91 Å². The summed E-state index contributed by atoms with van der Waals surface area (Å²) in [5.74, 6) is -0.274. The molecular weight excluding hydrogens is 374 g/mol. The molecule has 2 N–H and O–H groups in total. The van der Waals surface area contributed by atoms with Crippen LogP contribution < -0.4 is 10.6 Å². The highest BCUT2D eigenvalue weighted by Crippen LogP contribution is 2.34. The van der Waals surface area contributed by atoms with Gasteiger partial charge >= 0.3 is 0 Å². The maximum absolute atomic E-state index is 14.1. The summed E-state index contributed by atoms with van der Waals surface area (Å²) in [6, 6.07) is 17.2. The van der Waals surface area contributed by atoms with Crippen LogP contribution >= 0.6 is 0 Å². The van der Waals surface area contributed by atoms with Crippen LogP contribution in [0.15, 0.2) is 54.6 Å². The second-order valence-corrected chi connectivity index (χ2v) is 8.53. The Balaban J connectivity index is 1.65. The Bertz CT molecular complexity index is 867. The number of piperidine rings is 1. The van der Waals surface area contributed by atoms with Crippen LogP contribution in [0, 0.1) is 6.92 Å². The van der Waals surface area contributed by atoms with Gasteiger partial charge in [0.1, 0.15) is 0 Å². The Morgan fingerprint density at radius 3 is 2.30 bits per heavy atom. The van der Waals surface area contributed by atoms with E-state index < -0.39 is 11.6 Å². The summed E-state index contributed by atoms with van der Waals surface area (Å²) < 4.78 is 0. The van der Waals surface area contributed by atoms with Crippen LogP contribution in [0.25, 0.3) is 0 Å². The highest BCUT2D eigenvalue weighted by atomic mass is 16.2. The molecule has 30 heavy (non-hydrogen) atoms. The summed E-state index contributed by atoms with van der Waals surface area (Å²) in [4.78, 5) is 29.8. The fourth-order valence-electron chi connectivity index (χ4n) is 4.71. The predicted octanol–water partition coefficient (Wildman–Crippen LogP) is 3.85. The standard InChI is InChI=1S/C25H31N3O2/c1-19-11-13-21(14-12-19)27-24(30)25(15-8-16-26-25)23(29)22(20-9-4-2-5-10-20)28-17-6-3-7-18-28/h2,4-5,9-14,22,26H,3,6-8,15-18H2,1H3,(H,27,30)/t22-,25+/m1/s1. The first kappa shape index (κ1) is 20.8. The van der Waals surface area contributed by atoms with Crippen LogP contribution in [0.1, 0.15) is 49.3 Å². The van der Waals surface area contributed by atoms with Crippen LogP contribution in [0.4, 0.5) is 5.69 Å². The fraction of sp³-hybridized carbons (Fsp3) is 0.440. The van der Waals surface area contributed by atoms with E-state index >= 15 is 0 Å². The molecule has 0 bridgehead atoms. The molecule has 0 unspecified atom stereocenters. The molecule has 0 spiro atoms. The highest BCUT2D eigenvalue weighted by Gasteiger charge is 2.51. The Morgan fingerprint density at radius 2 is 1.67 bits per heavy atom. The van der Waals surface area contributed by atoms with E-state index in [0.29, 0.717) is 13.0 Å². The van der Waals surface area contributed by atoms with E-state index in [4.69, 9.17) is 0 Å². The van der Waals surface area contributed by atoms with E-state index in [1.165, 1.54) is 6.42 Å². The predicted molar refractivity (Wildman–Crippen MR) is 119 cm³/mol. The molecule has 2 saturated heterocycles. The third-order valence-corrected chi connectivity index (χ3v) is 6.39. The topological polar surface area (TPSA) is 61.4 Å². The number of anilines is 1. The van der Waals surface area contributed by atoms with E-state index in [2.05, 4.69) is 15.5 Å². The minimum Gasteiger partial charge on any atom is -0.324 e. The highest BCUT2D eigenvalue weighted by molar-refractivity contribution is 6.17. The largest absolute Gasteiger partial charge is 0.324 e. The molecule has 2 fully saturated rings. The van der Waals surface area contributed by atoms with Crippen molar-refractivity contribution in [2.24, 2.45) is 0 Å². The number of carbonyl (C=O) groups excluding carboxylic acids is 2. The number of benzene rings is 2. The Morgan fingerprint density at radius 1 is 0.967 bits per heavy atom. The number of amides is 1. The van der Waals surface area contributed by atoms with Crippen LogP contribution in [0.5, 0.6) is 0 Å². The second kappa shape index (κ2) is 9.11. The maximum Gasteiger partial charge on any atom is 0.252 e. The van der Waals surface area contributed by atoms with E-state index in [0.717, 1.165) is 49.2 Å². The minimum absolute atomic E-state index is 0.0299. The van der Waals surface area contributed by atoms with Gasteiger partial charge in [-0.3, -0.25) is 19.8 Å². The van der Waals surface area contributed by atoms with E-state index in [9.17, 15) is 9.59 Å². The molecular formula is C25H31N3O2. The van der Waals surface area contributed by atoms with Gasteiger partial charge in [0.15, 0.2) is 11.3 Å². The molecule has 2 aliphatic rings. The number of Topliss-reactive ketones (excluding diaryl/α,β-unsaturated/α-hetero) is 1. The van der Waals surface area contributed by atoms with Crippen molar-refractivity contribution < 1.29 is 9.59 Å². The molecule has 2 aromatic rings. The SMILES string of the molecule is Cc1ccc(NC(=O)[C@@]2(C(=O)[C@@H](c3ccccc3)N3CCCCC3)CCCN2)cc1. The van der Waals surface area contributed by atoms with Crippen molar-refractivity contribution in [3.8, 4) is 0 Å². The van der Waals surface area contributed by atoms with Crippen molar-refractivity contribution >= 4 is 17.4 Å². The summed E-state index contributed by atoms with van der Waals surface area (Å²) in [7, 11) is 0. The molecule has 0 saturated carbocycles. The van der Waals surface area contributed by atoms with Crippen molar-refractivity contribution in [2.75, 3.05) is 25.0 Å². The Kier molecular flexibility index (Phi) is 6.30. The van der Waals surface area contributed by atoms with Crippen LogP contribution in [0.2, 0.25) is 0 Å². The number of likely N-dealkylation sites (tertiary alicyclic amines) is 1. The lowest BCUT2D eigenvalue weighted by molar-refractivity contribution is -0.138. The first-order valence-electron chi connectivity index (χ1n) is 11.1. The zero-order chi connectivity index (χ0) is 21.0. The van der Waals surface area contributed by atoms with Gasteiger partial charge < -0.3 is 5.32 Å². The lowest BCUT2D eigenvalue weighted by Crippen LogP contribution is -2.60. The van der Waals surface area contributed by atoms with Gasteiger partial charge in [-0.1, -0.05) is 54.4 Å². The van der Waals surface area contributed by atoms with Gasteiger partial charge in [-0.2, -0.15) is 0 Å². The quantitative estimate of drug-likeness (QED) is 0.717. The molecule has 0 aromatic heterocycles. The van der Waals surface area contributed by atoms with Crippen LogP contribution in [-0.4, -0.2) is 41.8 Å². The summed E-state index contributed by atoms with van der Waals surface area (Å²) in [6.07, 6.45) is 4.72. The number of rotatable bonds is 6. The van der Waals surface area contributed by atoms with Crippen LogP contribution in [-0.2, 0) is 9.59 Å². The molecule has 5 heteroatoms. The van der Waals surface area contributed by atoms with E-state index in [1.54, 1.807) is 0 Å². The number of ketones is 1. The van der Waals surface area contributed by atoms with Crippen LogP contribution in [0.3, 0.4) is 0 Å². The summed E-state index contributed by atoms with van der Waals surface area (Å²) in [6.45, 7) is 4.47. The van der Waals surface area contributed by atoms with Crippen molar-refractivity contribution in [3.63, 3.8) is 0 Å². The van der Waals surface area contributed by atoms with Crippen molar-refractivity contribution in [1.29, 1.82) is 0 Å². The molecule has 0 aliphatic carbocycles. The van der Waals surface area contributed by atoms with E-state index in [1.807, 2.05) is 61.5 Å². The van der Waals surface area contributed by atoms with E-state index in [-0.39, 0.29) is 11.7 Å². The van der Waals surface area contributed by atoms with Gasteiger partial charge in [-0.15, -0.1) is 0 Å². The molecule has 2 atom stereocenters. The molecule has 1 amide bonds. The molecule has 2 aromatic carbocycles. The minimum atomic E-state index is -1.19.